The van der Waals surface area contributed by atoms with Gasteiger partial charge >= 0.3 is 0 Å². The summed E-state index contributed by atoms with van der Waals surface area (Å²) in [5, 5.41) is 0.962. The van der Waals surface area contributed by atoms with Crippen molar-refractivity contribution in [2.45, 2.75) is 13.0 Å². The van der Waals surface area contributed by atoms with Crippen molar-refractivity contribution in [3.63, 3.8) is 0 Å². The number of rotatable bonds is 4. The monoisotopic (exact) mass is 325 g/mol. The first-order valence-corrected chi connectivity index (χ1v) is 7.17. The Hall–Kier alpha value is -1.42. The third-order valence-corrected chi connectivity index (χ3v) is 4.26. The maximum absolute atomic E-state index is 6.36. The highest BCUT2D eigenvalue weighted by atomic mass is 35.5. The Morgan fingerprint density at radius 1 is 1.00 bits per heavy atom. The molecule has 1 unspecified atom stereocenters. The van der Waals surface area contributed by atoms with Crippen molar-refractivity contribution in [1.82, 2.24) is 0 Å². The van der Waals surface area contributed by atoms with Crippen LogP contribution in [0.15, 0.2) is 30.3 Å². The first kappa shape index (κ1) is 16.0. The maximum Gasteiger partial charge on any atom is 0.161 e. The molecule has 0 aliphatic rings. The van der Waals surface area contributed by atoms with Crippen LogP contribution in [0.25, 0.3) is 0 Å². The molecular weight excluding hydrogens is 309 g/mol. The lowest BCUT2D eigenvalue weighted by Crippen LogP contribution is -2.14. The molecule has 112 valence electrons. The van der Waals surface area contributed by atoms with E-state index in [0.717, 1.165) is 16.7 Å². The van der Waals surface area contributed by atoms with Gasteiger partial charge in [-0.3, -0.25) is 0 Å². The molecule has 3 nitrogen and oxygen atoms in total. The zero-order chi connectivity index (χ0) is 15.6. The molecule has 0 fully saturated rings. The molecule has 1 atom stereocenters. The highest BCUT2D eigenvalue weighted by Crippen LogP contribution is 2.37. The van der Waals surface area contributed by atoms with Gasteiger partial charge in [-0.25, -0.2) is 0 Å². The van der Waals surface area contributed by atoms with Crippen molar-refractivity contribution in [2.24, 2.45) is 5.73 Å². The second-order valence-corrected chi connectivity index (χ2v) is 5.47. The fourth-order valence-corrected chi connectivity index (χ4v) is 2.68. The van der Waals surface area contributed by atoms with Crippen LogP contribution in [0.3, 0.4) is 0 Å². The van der Waals surface area contributed by atoms with Gasteiger partial charge in [-0.1, -0.05) is 35.3 Å². The average molecular weight is 326 g/mol. The molecule has 2 aromatic rings. The van der Waals surface area contributed by atoms with Gasteiger partial charge in [-0.2, -0.15) is 0 Å². The van der Waals surface area contributed by atoms with Gasteiger partial charge in [0.2, 0.25) is 0 Å². The van der Waals surface area contributed by atoms with Gasteiger partial charge in [0.05, 0.1) is 30.3 Å². The van der Waals surface area contributed by atoms with Crippen molar-refractivity contribution in [1.29, 1.82) is 0 Å². The molecule has 2 rings (SSSR count). The van der Waals surface area contributed by atoms with Crippen molar-refractivity contribution >= 4 is 23.2 Å². The molecule has 2 N–H and O–H groups in total. The molecule has 0 amide bonds. The molecule has 5 heteroatoms. The summed E-state index contributed by atoms with van der Waals surface area (Å²) in [7, 11) is 3.19. The topological polar surface area (TPSA) is 44.5 Å². The molecule has 0 aliphatic carbocycles. The Morgan fingerprint density at radius 3 is 2.24 bits per heavy atom. The smallest absolute Gasteiger partial charge is 0.161 e. The Morgan fingerprint density at radius 2 is 1.62 bits per heavy atom. The summed E-state index contributed by atoms with van der Waals surface area (Å²) in [4.78, 5) is 0. The number of halogens is 2. The zero-order valence-electron chi connectivity index (χ0n) is 12.1. The zero-order valence-corrected chi connectivity index (χ0v) is 13.6. The van der Waals surface area contributed by atoms with Gasteiger partial charge in [0.25, 0.3) is 0 Å². The predicted molar refractivity (Wildman–Crippen MR) is 86.8 cm³/mol. The minimum absolute atomic E-state index is 0.393. The number of ether oxygens (including phenoxy) is 2. The van der Waals surface area contributed by atoms with Gasteiger partial charge in [-0.15, -0.1) is 0 Å². The van der Waals surface area contributed by atoms with Gasteiger partial charge in [-0.05, 0) is 41.8 Å². The fraction of sp³-hybridized carbons (Fsp3) is 0.250. The summed E-state index contributed by atoms with van der Waals surface area (Å²) in [6, 6.07) is 8.81. The molecule has 0 saturated heterocycles. The molecule has 0 aliphatic heterocycles. The third-order valence-electron chi connectivity index (χ3n) is 3.42. The van der Waals surface area contributed by atoms with E-state index in [9.17, 15) is 0 Å². The number of benzene rings is 2. The Labute approximate surface area is 134 Å². The highest BCUT2D eigenvalue weighted by Gasteiger charge is 2.18. The summed E-state index contributed by atoms with van der Waals surface area (Å²) >= 11 is 12.3. The van der Waals surface area contributed by atoms with Crippen LogP contribution < -0.4 is 15.2 Å². The molecule has 0 aromatic heterocycles. The lowest BCUT2D eigenvalue weighted by atomic mass is 9.95. The molecule has 0 saturated carbocycles. The summed E-state index contributed by atoms with van der Waals surface area (Å²) in [6.45, 7) is 1.97. The highest BCUT2D eigenvalue weighted by molar-refractivity contribution is 6.42. The summed E-state index contributed by atoms with van der Waals surface area (Å²) < 4.78 is 10.6. The number of methoxy groups -OCH3 is 2. The van der Waals surface area contributed by atoms with Crippen molar-refractivity contribution < 1.29 is 9.47 Å². The van der Waals surface area contributed by atoms with Gasteiger partial charge in [0.15, 0.2) is 11.5 Å². The van der Waals surface area contributed by atoms with Gasteiger partial charge in [0, 0.05) is 0 Å². The van der Waals surface area contributed by atoms with Crippen LogP contribution in [0.4, 0.5) is 0 Å². The van der Waals surface area contributed by atoms with Crippen LogP contribution in [0, 0.1) is 6.92 Å². The van der Waals surface area contributed by atoms with Crippen molar-refractivity contribution in [2.75, 3.05) is 14.2 Å². The van der Waals surface area contributed by atoms with E-state index in [4.69, 9.17) is 38.4 Å². The first-order valence-electron chi connectivity index (χ1n) is 6.41. The van der Waals surface area contributed by atoms with E-state index in [1.807, 2.05) is 31.2 Å². The lowest BCUT2D eigenvalue weighted by molar-refractivity contribution is 0.354. The second-order valence-electron chi connectivity index (χ2n) is 4.68. The quantitative estimate of drug-likeness (QED) is 0.907. The first-order chi connectivity index (χ1) is 9.99. The molecular formula is C16H17Cl2NO2. The van der Waals surface area contributed by atoms with E-state index in [1.54, 1.807) is 20.3 Å². The Bertz CT molecular complexity index is 659. The summed E-state index contributed by atoms with van der Waals surface area (Å²) in [6.07, 6.45) is 0. The maximum atomic E-state index is 6.36. The molecule has 0 bridgehead atoms. The molecule has 2 aromatic carbocycles. The SMILES string of the molecule is COc1cc(C)c(C(N)c2cccc(Cl)c2Cl)cc1OC. The molecule has 0 spiro atoms. The number of nitrogens with two attached hydrogens (primary N) is 1. The average Bonchev–Trinajstić information content (AvgIpc) is 2.49. The fourth-order valence-electron chi connectivity index (χ4n) is 2.26. The molecule has 0 radical (unpaired) electrons. The predicted octanol–water partition coefficient (Wildman–Crippen LogP) is 4.37. The second kappa shape index (κ2) is 6.56. The third kappa shape index (κ3) is 3.10. The normalized spacial score (nSPS) is 12.1. The van der Waals surface area contributed by atoms with E-state index in [2.05, 4.69) is 0 Å². The van der Waals surface area contributed by atoms with E-state index >= 15 is 0 Å². The summed E-state index contributed by atoms with van der Waals surface area (Å²) in [5.74, 6) is 1.30. The number of hydrogen-bond donors (Lipinski definition) is 1. The molecule has 0 heterocycles. The van der Waals surface area contributed by atoms with Gasteiger partial charge < -0.3 is 15.2 Å². The summed E-state index contributed by atoms with van der Waals surface area (Å²) in [5.41, 5.74) is 9.05. The van der Waals surface area contributed by atoms with Gasteiger partial charge in [0.1, 0.15) is 0 Å². The Balaban J connectivity index is 2.53. The number of hydrogen-bond acceptors (Lipinski definition) is 3. The minimum Gasteiger partial charge on any atom is -0.493 e. The molecule has 21 heavy (non-hydrogen) atoms. The lowest BCUT2D eigenvalue weighted by Gasteiger charge is -2.19. The van der Waals surface area contributed by atoms with E-state index in [-0.39, 0.29) is 0 Å². The van der Waals surface area contributed by atoms with Crippen molar-refractivity contribution in [3.05, 3.63) is 57.1 Å². The Kier molecular flexibility index (Phi) is 4.99. The minimum atomic E-state index is -0.393. The van der Waals surface area contributed by atoms with E-state index in [1.165, 1.54) is 0 Å². The largest absolute Gasteiger partial charge is 0.493 e. The van der Waals surface area contributed by atoms with E-state index < -0.39 is 6.04 Å². The van der Waals surface area contributed by atoms with Crippen LogP contribution in [-0.4, -0.2) is 14.2 Å². The number of aryl methyl sites for hydroxylation is 1. The van der Waals surface area contributed by atoms with Crippen LogP contribution in [0.1, 0.15) is 22.7 Å². The van der Waals surface area contributed by atoms with Crippen LogP contribution >= 0.6 is 23.2 Å². The van der Waals surface area contributed by atoms with Crippen LogP contribution in [0.5, 0.6) is 11.5 Å². The van der Waals surface area contributed by atoms with Crippen molar-refractivity contribution in [3.8, 4) is 11.5 Å². The van der Waals surface area contributed by atoms with Crippen LogP contribution in [0.2, 0.25) is 10.0 Å². The standard InChI is InChI=1S/C16H17Cl2NO2/c1-9-7-13(20-2)14(21-3)8-11(9)16(19)10-5-4-6-12(17)15(10)18/h4-8,16H,19H2,1-3H3. The van der Waals surface area contributed by atoms with Crippen LogP contribution in [-0.2, 0) is 0 Å². The van der Waals surface area contributed by atoms with E-state index in [0.29, 0.717) is 21.5 Å².